The Morgan fingerprint density at radius 2 is 2.36 bits per heavy atom. The molecule has 0 aliphatic carbocycles. The lowest BCUT2D eigenvalue weighted by Crippen LogP contribution is -2.07. The van der Waals surface area contributed by atoms with E-state index < -0.39 is 0 Å². The van der Waals surface area contributed by atoms with Gasteiger partial charge in [-0.15, -0.1) is 0 Å². The van der Waals surface area contributed by atoms with Crippen molar-refractivity contribution in [2.24, 2.45) is 5.92 Å². The maximum Gasteiger partial charge on any atom is 0.133 e. The summed E-state index contributed by atoms with van der Waals surface area (Å²) in [5, 5.41) is 0.994. The molecule has 0 fully saturated rings. The third kappa shape index (κ3) is 4.15. The monoisotopic (exact) mass is 227 g/mol. The molecule has 0 amide bonds. The van der Waals surface area contributed by atoms with Gasteiger partial charge in [0.25, 0.3) is 0 Å². The van der Waals surface area contributed by atoms with Gasteiger partial charge in [-0.25, -0.2) is 4.98 Å². The summed E-state index contributed by atoms with van der Waals surface area (Å²) < 4.78 is 0. The van der Waals surface area contributed by atoms with Crippen LogP contribution in [0, 0.1) is 5.92 Å². The topological polar surface area (TPSA) is 30.0 Å². The summed E-state index contributed by atoms with van der Waals surface area (Å²) in [6.07, 6.45) is 1.78. The van der Waals surface area contributed by atoms with E-state index in [4.69, 9.17) is 0 Å². The molecule has 0 bridgehead atoms. The van der Waals surface area contributed by atoms with Crippen molar-refractivity contribution < 1.29 is 4.79 Å². The van der Waals surface area contributed by atoms with Crippen molar-refractivity contribution >= 4 is 27.4 Å². The molecule has 76 valence electrons. The third-order valence-corrected chi connectivity index (χ3v) is 4.23. The number of carbonyl (C=O) groups is 1. The normalized spacial score (nSPS) is 12.4. The highest BCUT2D eigenvalue weighted by Gasteiger charge is 2.07. The molecule has 0 unspecified atom stereocenters. The minimum absolute atomic E-state index is 0.135. The minimum atomic E-state index is 0.135. The van der Waals surface area contributed by atoms with Crippen LogP contribution >= 0.6 is 21.6 Å². The summed E-state index contributed by atoms with van der Waals surface area (Å²) >= 11 is 0. The van der Waals surface area contributed by atoms with E-state index in [1.165, 1.54) is 0 Å². The van der Waals surface area contributed by atoms with Gasteiger partial charge in [0.1, 0.15) is 10.8 Å². The first-order valence-electron chi connectivity index (χ1n) is 4.41. The number of rotatable bonds is 5. The van der Waals surface area contributed by atoms with Gasteiger partial charge in [0.15, 0.2) is 0 Å². The minimum Gasteiger partial charge on any atom is -0.300 e. The molecule has 1 aromatic rings. The van der Waals surface area contributed by atoms with E-state index >= 15 is 0 Å². The van der Waals surface area contributed by atoms with Crippen molar-refractivity contribution in [1.82, 2.24) is 4.98 Å². The fourth-order valence-electron chi connectivity index (χ4n) is 0.710. The fraction of sp³-hybridized carbons (Fsp3) is 0.400. The second kappa shape index (κ2) is 6.09. The summed E-state index contributed by atoms with van der Waals surface area (Å²) in [6, 6.07) is 5.83. The van der Waals surface area contributed by atoms with Crippen LogP contribution in [0.25, 0.3) is 0 Å². The molecule has 4 heteroatoms. The zero-order chi connectivity index (χ0) is 10.4. The zero-order valence-corrected chi connectivity index (χ0v) is 9.90. The molecule has 0 spiro atoms. The van der Waals surface area contributed by atoms with Gasteiger partial charge < -0.3 is 0 Å². The maximum atomic E-state index is 10.9. The van der Waals surface area contributed by atoms with Gasteiger partial charge in [0.2, 0.25) is 0 Å². The van der Waals surface area contributed by atoms with E-state index in [1.807, 2.05) is 25.1 Å². The quantitative estimate of drug-likeness (QED) is 0.723. The highest BCUT2D eigenvalue weighted by molar-refractivity contribution is 8.76. The molecule has 0 N–H and O–H groups in total. The van der Waals surface area contributed by atoms with E-state index in [1.54, 1.807) is 34.7 Å². The Morgan fingerprint density at radius 3 is 2.93 bits per heavy atom. The second-order valence-electron chi connectivity index (χ2n) is 3.05. The average Bonchev–Trinajstić information content (AvgIpc) is 2.19. The SMILES string of the molecule is CC(=O)[C@@H](C)CSSc1ccccn1. The van der Waals surface area contributed by atoms with Gasteiger partial charge in [-0.3, -0.25) is 4.79 Å². The van der Waals surface area contributed by atoms with Crippen molar-refractivity contribution in [1.29, 1.82) is 0 Å². The lowest BCUT2D eigenvalue weighted by atomic mass is 10.1. The van der Waals surface area contributed by atoms with Crippen LogP contribution in [0.15, 0.2) is 29.4 Å². The van der Waals surface area contributed by atoms with Crippen molar-refractivity contribution in [2.75, 3.05) is 5.75 Å². The van der Waals surface area contributed by atoms with Gasteiger partial charge in [-0.1, -0.05) is 23.8 Å². The molecule has 1 atom stereocenters. The lowest BCUT2D eigenvalue weighted by molar-refractivity contribution is -0.119. The summed E-state index contributed by atoms with van der Waals surface area (Å²) in [6.45, 7) is 3.59. The molecule has 1 heterocycles. The number of hydrogen-bond acceptors (Lipinski definition) is 4. The summed E-state index contributed by atoms with van der Waals surface area (Å²) in [5.74, 6) is 1.23. The molecular weight excluding hydrogens is 214 g/mol. The molecular formula is C10H13NOS2. The largest absolute Gasteiger partial charge is 0.300 e. The number of aromatic nitrogens is 1. The Morgan fingerprint density at radius 1 is 1.57 bits per heavy atom. The van der Waals surface area contributed by atoms with Gasteiger partial charge >= 0.3 is 0 Å². The van der Waals surface area contributed by atoms with Crippen LogP contribution in [0.4, 0.5) is 0 Å². The summed E-state index contributed by atoms with van der Waals surface area (Å²) in [4.78, 5) is 15.1. The van der Waals surface area contributed by atoms with Crippen LogP contribution in [0.2, 0.25) is 0 Å². The zero-order valence-electron chi connectivity index (χ0n) is 8.27. The average molecular weight is 227 g/mol. The molecule has 1 aromatic heterocycles. The Hall–Kier alpha value is -0.480. The maximum absolute atomic E-state index is 10.9. The molecule has 0 aliphatic heterocycles. The number of nitrogens with zero attached hydrogens (tertiary/aromatic N) is 1. The van der Waals surface area contributed by atoms with Gasteiger partial charge in [-0.2, -0.15) is 0 Å². The number of Topliss-reactive ketones (excluding diaryl/α,β-unsaturated/α-hetero) is 1. The van der Waals surface area contributed by atoms with E-state index in [0.29, 0.717) is 0 Å². The van der Waals surface area contributed by atoms with Crippen LogP contribution in [0.1, 0.15) is 13.8 Å². The van der Waals surface area contributed by atoms with Crippen molar-refractivity contribution in [3.8, 4) is 0 Å². The molecule has 1 rings (SSSR count). The van der Waals surface area contributed by atoms with Gasteiger partial charge in [-0.05, 0) is 29.9 Å². The van der Waals surface area contributed by atoms with Crippen molar-refractivity contribution in [2.45, 2.75) is 18.9 Å². The Bertz CT molecular complexity index is 289. The van der Waals surface area contributed by atoms with E-state index in [0.717, 1.165) is 10.8 Å². The Kier molecular flexibility index (Phi) is 5.04. The van der Waals surface area contributed by atoms with Crippen molar-refractivity contribution in [3.63, 3.8) is 0 Å². The molecule has 14 heavy (non-hydrogen) atoms. The predicted molar refractivity (Wildman–Crippen MR) is 62.4 cm³/mol. The van der Waals surface area contributed by atoms with E-state index in [9.17, 15) is 4.79 Å². The molecule has 0 aromatic carbocycles. The van der Waals surface area contributed by atoms with E-state index in [-0.39, 0.29) is 11.7 Å². The number of ketones is 1. The van der Waals surface area contributed by atoms with Crippen LogP contribution in [0.3, 0.4) is 0 Å². The fourth-order valence-corrected chi connectivity index (χ4v) is 3.05. The Labute approximate surface area is 92.3 Å². The molecule has 0 saturated heterocycles. The van der Waals surface area contributed by atoms with Gasteiger partial charge in [0.05, 0.1) is 0 Å². The third-order valence-electron chi connectivity index (χ3n) is 1.79. The second-order valence-corrected chi connectivity index (χ2v) is 5.41. The van der Waals surface area contributed by atoms with Crippen LogP contribution < -0.4 is 0 Å². The smallest absolute Gasteiger partial charge is 0.133 e. The van der Waals surface area contributed by atoms with Crippen LogP contribution in [0.5, 0.6) is 0 Å². The first-order chi connectivity index (χ1) is 6.70. The van der Waals surface area contributed by atoms with Crippen molar-refractivity contribution in [3.05, 3.63) is 24.4 Å². The summed E-state index contributed by atoms with van der Waals surface area (Å²) in [7, 11) is 3.30. The van der Waals surface area contributed by atoms with E-state index in [2.05, 4.69) is 4.98 Å². The first kappa shape index (κ1) is 11.6. The highest BCUT2D eigenvalue weighted by atomic mass is 33.1. The predicted octanol–water partition coefficient (Wildman–Crippen LogP) is 3.05. The molecule has 2 nitrogen and oxygen atoms in total. The molecule has 0 saturated carbocycles. The summed E-state index contributed by atoms with van der Waals surface area (Å²) in [5.41, 5.74) is 0. The number of pyridine rings is 1. The number of hydrogen-bond donors (Lipinski definition) is 0. The number of carbonyl (C=O) groups excluding carboxylic acids is 1. The Balaban J connectivity index is 2.26. The van der Waals surface area contributed by atoms with Crippen LogP contribution in [-0.4, -0.2) is 16.5 Å². The van der Waals surface area contributed by atoms with Crippen LogP contribution in [-0.2, 0) is 4.79 Å². The first-order valence-corrected chi connectivity index (χ1v) is 6.73. The lowest BCUT2D eigenvalue weighted by Gasteiger charge is -2.05. The van der Waals surface area contributed by atoms with Gasteiger partial charge in [0, 0.05) is 17.9 Å². The molecule has 0 radical (unpaired) electrons. The molecule has 0 aliphatic rings. The highest BCUT2D eigenvalue weighted by Crippen LogP contribution is 2.30. The standard InChI is InChI=1S/C10H13NOS2/c1-8(9(2)12)7-13-14-10-5-3-4-6-11-10/h3-6,8H,7H2,1-2H3/t8-/m0/s1.